The second kappa shape index (κ2) is 4.44. The number of rotatable bonds is 3. The molecule has 1 aromatic carbocycles. The van der Waals surface area contributed by atoms with Crippen molar-refractivity contribution in [1.29, 1.82) is 0 Å². The number of hydrogen-bond acceptors (Lipinski definition) is 2. The van der Waals surface area contributed by atoms with Gasteiger partial charge in [-0.25, -0.2) is 4.39 Å². The van der Waals surface area contributed by atoms with Gasteiger partial charge in [-0.05, 0) is 25.1 Å². The quantitative estimate of drug-likeness (QED) is 0.818. The summed E-state index contributed by atoms with van der Waals surface area (Å²) >= 11 is 5.56. The third-order valence-corrected chi connectivity index (χ3v) is 1.63. The molecule has 0 aliphatic rings. The standard InChI is InChI=1S/C9H11ClFNO/c1-6(12)5-13-9-3-2-7(10)4-8(9)11/h2-4,6H,5,12H2,1H3. The van der Waals surface area contributed by atoms with Crippen LogP contribution in [0, 0.1) is 5.82 Å². The van der Waals surface area contributed by atoms with Crippen molar-refractivity contribution in [2.24, 2.45) is 5.73 Å². The van der Waals surface area contributed by atoms with Gasteiger partial charge in [0.25, 0.3) is 0 Å². The van der Waals surface area contributed by atoms with Gasteiger partial charge >= 0.3 is 0 Å². The molecular weight excluding hydrogens is 193 g/mol. The molecule has 0 aromatic heterocycles. The molecule has 2 nitrogen and oxygen atoms in total. The second-order valence-corrected chi connectivity index (χ2v) is 3.30. The molecular formula is C9H11ClFNO. The molecule has 0 heterocycles. The van der Waals surface area contributed by atoms with Crippen LogP contribution in [0.1, 0.15) is 6.92 Å². The summed E-state index contributed by atoms with van der Waals surface area (Å²) in [5.74, 6) is -0.283. The first kappa shape index (κ1) is 10.3. The van der Waals surface area contributed by atoms with E-state index in [0.29, 0.717) is 11.6 Å². The number of ether oxygens (including phenoxy) is 1. The van der Waals surface area contributed by atoms with Gasteiger partial charge in [0.15, 0.2) is 11.6 Å². The molecule has 1 unspecified atom stereocenters. The molecule has 1 atom stereocenters. The Morgan fingerprint density at radius 1 is 1.62 bits per heavy atom. The normalized spacial score (nSPS) is 12.6. The monoisotopic (exact) mass is 203 g/mol. The predicted octanol–water partition coefficient (Wildman–Crippen LogP) is 2.21. The Kier molecular flexibility index (Phi) is 3.51. The van der Waals surface area contributed by atoms with Crippen molar-refractivity contribution in [2.45, 2.75) is 13.0 Å². The van der Waals surface area contributed by atoms with Gasteiger partial charge in [0.05, 0.1) is 0 Å². The number of hydrogen-bond donors (Lipinski definition) is 1. The molecule has 0 spiro atoms. The Labute approximate surface area is 81.4 Å². The van der Waals surface area contributed by atoms with Crippen molar-refractivity contribution in [1.82, 2.24) is 0 Å². The first-order chi connectivity index (χ1) is 6.09. The zero-order valence-corrected chi connectivity index (χ0v) is 8.01. The van der Waals surface area contributed by atoms with Crippen molar-refractivity contribution >= 4 is 11.6 Å². The molecule has 0 saturated carbocycles. The van der Waals surface area contributed by atoms with Crippen LogP contribution in [0.2, 0.25) is 5.02 Å². The van der Waals surface area contributed by atoms with Crippen LogP contribution in [0.5, 0.6) is 5.75 Å². The van der Waals surface area contributed by atoms with Crippen LogP contribution in [0.4, 0.5) is 4.39 Å². The van der Waals surface area contributed by atoms with Crippen LogP contribution in [0.25, 0.3) is 0 Å². The highest BCUT2D eigenvalue weighted by Crippen LogP contribution is 2.20. The molecule has 1 aromatic rings. The molecule has 2 N–H and O–H groups in total. The highest BCUT2D eigenvalue weighted by Gasteiger charge is 2.04. The summed E-state index contributed by atoms with van der Waals surface area (Å²) in [6.07, 6.45) is 0. The smallest absolute Gasteiger partial charge is 0.166 e. The molecule has 1 rings (SSSR count). The van der Waals surface area contributed by atoms with Gasteiger partial charge in [-0.3, -0.25) is 0 Å². The molecule has 0 aliphatic heterocycles. The minimum Gasteiger partial charge on any atom is -0.489 e. The lowest BCUT2D eigenvalue weighted by Gasteiger charge is -2.09. The maximum absolute atomic E-state index is 13.1. The fourth-order valence-corrected chi connectivity index (χ4v) is 0.972. The van der Waals surface area contributed by atoms with E-state index >= 15 is 0 Å². The highest BCUT2D eigenvalue weighted by atomic mass is 35.5. The van der Waals surface area contributed by atoms with Gasteiger partial charge in [-0.15, -0.1) is 0 Å². The van der Waals surface area contributed by atoms with Crippen molar-refractivity contribution < 1.29 is 9.13 Å². The van der Waals surface area contributed by atoms with Crippen LogP contribution in [-0.4, -0.2) is 12.6 Å². The molecule has 4 heteroatoms. The summed E-state index contributed by atoms with van der Waals surface area (Å²) in [6.45, 7) is 2.08. The molecule has 13 heavy (non-hydrogen) atoms. The summed E-state index contributed by atoms with van der Waals surface area (Å²) in [5.41, 5.74) is 5.45. The van der Waals surface area contributed by atoms with Gasteiger partial charge < -0.3 is 10.5 Å². The SMILES string of the molecule is CC(N)COc1ccc(Cl)cc1F. The fourth-order valence-electron chi connectivity index (χ4n) is 0.813. The van der Waals surface area contributed by atoms with E-state index in [1.54, 1.807) is 13.0 Å². The predicted molar refractivity (Wildman–Crippen MR) is 50.6 cm³/mol. The van der Waals surface area contributed by atoms with E-state index in [0.717, 1.165) is 0 Å². The largest absolute Gasteiger partial charge is 0.489 e. The lowest BCUT2D eigenvalue weighted by Crippen LogP contribution is -2.23. The summed E-state index contributed by atoms with van der Waals surface area (Å²) < 4.78 is 18.1. The molecule has 0 aliphatic carbocycles. The Bertz CT molecular complexity index is 291. The van der Waals surface area contributed by atoms with E-state index in [2.05, 4.69) is 0 Å². The molecule has 0 amide bonds. The fraction of sp³-hybridized carbons (Fsp3) is 0.333. The van der Waals surface area contributed by atoms with E-state index in [1.165, 1.54) is 12.1 Å². The maximum Gasteiger partial charge on any atom is 0.166 e. The van der Waals surface area contributed by atoms with Crippen molar-refractivity contribution in [3.05, 3.63) is 29.0 Å². The Morgan fingerprint density at radius 2 is 2.31 bits per heavy atom. The van der Waals surface area contributed by atoms with Crippen LogP contribution >= 0.6 is 11.6 Å². The number of nitrogens with two attached hydrogens (primary N) is 1. The highest BCUT2D eigenvalue weighted by molar-refractivity contribution is 6.30. The van der Waals surface area contributed by atoms with E-state index in [1.807, 2.05) is 0 Å². The van der Waals surface area contributed by atoms with Crippen LogP contribution in [-0.2, 0) is 0 Å². The summed E-state index contributed by atoms with van der Waals surface area (Å²) in [7, 11) is 0. The zero-order valence-electron chi connectivity index (χ0n) is 7.26. The Balaban J connectivity index is 2.67. The van der Waals surface area contributed by atoms with Crippen LogP contribution in [0.15, 0.2) is 18.2 Å². The first-order valence-electron chi connectivity index (χ1n) is 3.93. The van der Waals surface area contributed by atoms with Gasteiger partial charge in [0.1, 0.15) is 6.61 Å². The summed E-state index contributed by atoms with van der Waals surface area (Å²) in [5, 5.41) is 0.352. The van der Waals surface area contributed by atoms with E-state index in [4.69, 9.17) is 22.1 Å². The Morgan fingerprint density at radius 3 is 2.85 bits per heavy atom. The molecule has 0 radical (unpaired) electrons. The molecule has 0 bridgehead atoms. The maximum atomic E-state index is 13.1. The molecule has 72 valence electrons. The van der Waals surface area contributed by atoms with Crippen molar-refractivity contribution in [2.75, 3.05) is 6.61 Å². The third kappa shape index (κ3) is 3.20. The average Bonchev–Trinajstić information content (AvgIpc) is 2.02. The summed E-state index contributed by atoms with van der Waals surface area (Å²) in [4.78, 5) is 0. The van der Waals surface area contributed by atoms with Crippen molar-refractivity contribution in [3.8, 4) is 5.75 Å². The molecule has 0 fully saturated rings. The zero-order chi connectivity index (χ0) is 9.84. The minimum atomic E-state index is -0.465. The topological polar surface area (TPSA) is 35.2 Å². The lowest BCUT2D eigenvalue weighted by molar-refractivity contribution is 0.282. The van der Waals surface area contributed by atoms with Crippen LogP contribution in [0.3, 0.4) is 0 Å². The van der Waals surface area contributed by atoms with E-state index < -0.39 is 5.82 Å². The van der Waals surface area contributed by atoms with E-state index in [-0.39, 0.29) is 11.8 Å². The van der Waals surface area contributed by atoms with Gasteiger partial charge in [0.2, 0.25) is 0 Å². The average molecular weight is 204 g/mol. The summed E-state index contributed by atoms with van der Waals surface area (Å²) in [6, 6.07) is 4.15. The minimum absolute atomic E-state index is 0.116. The number of benzene rings is 1. The molecule has 0 saturated heterocycles. The van der Waals surface area contributed by atoms with Crippen molar-refractivity contribution in [3.63, 3.8) is 0 Å². The van der Waals surface area contributed by atoms with Gasteiger partial charge in [-0.1, -0.05) is 11.6 Å². The number of halogens is 2. The van der Waals surface area contributed by atoms with Crippen LogP contribution < -0.4 is 10.5 Å². The van der Waals surface area contributed by atoms with Gasteiger partial charge in [-0.2, -0.15) is 0 Å². The Hall–Kier alpha value is -0.800. The third-order valence-electron chi connectivity index (χ3n) is 1.40. The van der Waals surface area contributed by atoms with Gasteiger partial charge in [0, 0.05) is 11.1 Å². The van der Waals surface area contributed by atoms with E-state index in [9.17, 15) is 4.39 Å². The lowest BCUT2D eigenvalue weighted by atomic mass is 10.3. The second-order valence-electron chi connectivity index (χ2n) is 2.86. The first-order valence-corrected chi connectivity index (χ1v) is 4.31.